The van der Waals surface area contributed by atoms with E-state index in [2.05, 4.69) is 0 Å². The van der Waals surface area contributed by atoms with Crippen molar-refractivity contribution in [1.82, 2.24) is 0 Å². The van der Waals surface area contributed by atoms with Gasteiger partial charge >= 0.3 is 0 Å². The first-order chi connectivity index (χ1) is 9.63. The minimum atomic E-state index is -0.558. The number of nitro benzene ring substituents is 1. The quantitative estimate of drug-likeness (QED) is 0.680. The van der Waals surface area contributed by atoms with Gasteiger partial charge in [-0.3, -0.25) is 10.1 Å². The molecule has 0 atom stereocenters. The number of nitrogens with zero attached hydrogens (tertiary/aromatic N) is 2. The number of ether oxygens (including phenoxy) is 1. The Hall–Kier alpha value is -2.91. The third-order valence-corrected chi connectivity index (χ3v) is 2.64. The summed E-state index contributed by atoms with van der Waals surface area (Å²) in [6.45, 7) is -0.444. The number of nitro groups is 1. The molecular weight excluding hydrogens is 260 g/mol. The number of nitriles is 1. The van der Waals surface area contributed by atoms with Crippen LogP contribution in [0, 0.1) is 21.4 Å². The fourth-order valence-electron chi connectivity index (χ4n) is 1.66. The summed E-state index contributed by atoms with van der Waals surface area (Å²) >= 11 is 0. The van der Waals surface area contributed by atoms with Gasteiger partial charge in [0, 0.05) is 6.07 Å². The van der Waals surface area contributed by atoms with Crippen molar-refractivity contribution in [3.63, 3.8) is 0 Å². The van der Waals surface area contributed by atoms with E-state index >= 15 is 0 Å². The molecule has 20 heavy (non-hydrogen) atoms. The van der Waals surface area contributed by atoms with Gasteiger partial charge in [-0.15, -0.1) is 0 Å². The van der Waals surface area contributed by atoms with Crippen LogP contribution in [0.3, 0.4) is 0 Å². The van der Waals surface area contributed by atoms with Gasteiger partial charge < -0.3 is 9.84 Å². The molecule has 0 saturated carbocycles. The highest BCUT2D eigenvalue weighted by atomic mass is 16.6. The minimum Gasteiger partial charge on any atom is -0.457 e. The van der Waals surface area contributed by atoms with E-state index in [0.717, 1.165) is 0 Å². The van der Waals surface area contributed by atoms with Gasteiger partial charge in [0.1, 0.15) is 11.5 Å². The fraction of sp³-hybridized carbons (Fsp3) is 0.0714. The number of hydrogen-bond donors (Lipinski definition) is 1. The van der Waals surface area contributed by atoms with Gasteiger partial charge in [-0.1, -0.05) is 0 Å². The van der Waals surface area contributed by atoms with E-state index in [1.807, 2.05) is 6.07 Å². The van der Waals surface area contributed by atoms with Crippen molar-refractivity contribution >= 4 is 5.69 Å². The predicted octanol–water partition coefficient (Wildman–Crippen LogP) is 2.75. The Morgan fingerprint density at radius 1 is 1.20 bits per heavy atom. The number of aliphatic hydroxyl groups is 1. The Morgan fingerprint density at radius 2 is 1.85 bits per heavy atom. The highest BCUT2D eigenvalue weighted by Gasteiger charge is 2.13. The van der Waals surface area contributed by atoms with Crippen LogP contribution in [0.4, 0.5) is 5.69 Å². The first-order valence-corrected chi connectivity index (χ1v) is 5.70. The third kappa shape index (κ3) is 2.91. The lowest BCUT2D eigenvalue weighted by molar-refractivity contribution is -0.385. The molecule has 0 bridgehead atoms. The molecule has 2 rings (SSSR count). The molecule has 0 unspecified atom stereocenters. The lowest BCUT2D eigenvalue weighted by atomic mass is 10.2. The maximum atomic E-state index is 10.7. The molecule has 0 aliphatic rings. The molecule has 0 aliphatic carbocycles. The van der Waals surface area contributed by atoms with Crippen LogP contribution in [0.25, 0.3) is 0 Å². The van der Waals surface area contributed by atoms with Gasteiger partial charge in [-0.25, -0.2) is 0 Å². The van der Waals surface area contributed by atoms with Gasteiger partial charge in [-0.2, -0.15) is 5.26 Å². The molecule has 1 N–H and O–H groups in total. The second-order valence-electron chi connectivity index (χ2n) is 3.94. The van der Waals surface area contributed by atoms with Gasteiger partial charge in [0.15, 0.2) is 0 Å². The molecule has 0 amide bonds. The van der Waals surface area contributed by atoms with Crippen LogP contribution < -0.4 is 4.74 Å². The summed E-state index contributed by atoms with van der Waals surface area (Å²) < 4.78 is 5.51. The molecule has 0 aliphatic heterocycles. The molecule has 6 nitrogen and oxygen atoms in total. The van der Waals surface area contributed by atoms with Gasteiger partial charge in [0.25, 0.3) is 5.69 Å². The van der Waals surface area contributed by atoms with Crippen LogP contribution in [0.2, 0.25) is 0 Å². The fourth-order valence-corrected chi connectivity index (χ4v) is 1.66. The van der Waals surface area contributed by atoms with Crippen molar-refractivity contribution in [2.45, 2.75) is 6.61 Å². The smallest absolute Gasteiger partial charge is 0.275 e. The molecule has 0 fully saturated rings. The van der Waals surface area contributed by atoms with Crippen LogP contribution in [-0.4, -0.2) is 10.0 Å². The standard InChI is InChI=1S/C14H10N2O4/c15-8-10-1-3-12(4-2-10)20-13-5-6-14(16(18)19)11(7-13)9-17/h1-7,17H,9H2. The number of aliphatic hydroxyl groups excluding tert-OH is 1. The van der Waals surface area contributed by atoms with Gasteiger partial charge in [-0.05, 0) is 36.4 Å². The van der Waals surface area contributed by atoms with Gasteiger partial charge in [0.2, 0.25) is 0 Å². The van der Waals surface area contributed by atoms with Crippen LogP contribution in [-0.2, 0) is 6.61 Å². The highest BCUT2D eigenvalue weighted by molar-refractivity contribution is 5.46. The molecule has 6 heteroatoms. The summed E-state index contributed by atoms with van der Waals surface area (Å²) in [6, 6.07) is 12.6. The monoisotopic (exact) mass is 270 g/mol. The maximum Gasteiger partial charge on any atom is 0.275 e. The van der Waals surface area contributed by atoms with Crippen molar-refractivity contribution in [2.24, 2.45) is 0 Å². The molecule has 0 aromatic heterocycles. The van der Waals surface area contributed by atoms with Gasteiger partial charge in [0.05, 0.1) is 28.7 Å². The molecule has 100 valence electrons. The number of rotatable bonds is 4. The van der Waals surface area contributed by atoms with Crippen molar-refractivity contribution in [1.29, 1.82) is 5.26 Å². The van der Waals surface area contributed by atoms with E-state index in [0.29, 0.717) is 17.1 Å². The summed E-state index contributed by atoms with van der Waals surface area (Å²) in [5, 5.41) is 28.6. The predicted molar refractivity (Wildman–Crippen MR) is 70.3 cm³/mol. The molecule has 0 heterocycles. The lowest BCUT2D eigenvalue weighted by Crippen LogP contribution is -1.96. The largest absolute Gasteiger partial charge is 0.457 e. The summed E-state index contributed by atoms with van der Waals surface area (Å²) in [5.41, 5.74) is 0.540. The number of benzene rings is 2. The van der Waals surface area contributed by atoms with Crippen LogP contribution in [0.5, 0.6) is 11.5 Å². The first-order valence-electron chi connectivity index (χ1n) is 5.70. The van der Waals surface area contributed by atoms with Crippen molar-refractivity contribution in [3.05, 3.63) is 63.7 Å². The second-order valence-corrected chi connectivity index (χ2v) is 3.94. The van der Waals surface area contributed by atoms with E-state index in [1.165, 1.54) is 18.2 Å². The average molecular weight is 270 g/mol. The zero-order valence-corrected chi connectivity index (χ0v) is 10.3. The van der Waals surface area contributed by atoms with E-state index in [-0.39, 0.29) is 11.3 Å². The second kappa shape index (κ2) is 5.82. The molecular formula is C14H10N2O4. The molecule has 2 aromatic rings. The lowest BCUT2D eigenvalue weighted by Gasteiger charge is -2.07. The van der Waals surface area contributed by atoms with Crippen molar-refractivity contribution in [3.8, 4) is 17.6 Å². The SMILES string of the molecule is N#Cc1ccc(Oc2ccc([N+](=O)[O-])c(CO)c2)cc1. The highest BCUT2D eigenvalue weighted by Crippen LogP contribution is 2.27. The zero-order chi connectivity index (χ0) is 14.5. The summed E-state index contributed by atoms with van der Waals surface area (Å²) in [4.78, 5) is 10.2. The number of hydrogen-bond acceptors (Lipinski definition) is 5. The maximum absolute atomic E-state index is 10.7. The third-order valence-electron chi connectivity index (χ3n) is 2.64. The summed E-state index contributed by atoms with van der Waals surface area (Å²) in [7, 11) is 0. The van der Waals surface area contributed by atoms with E-state index in [1.54, 1.807) is 24.3 Å². The van der Waals surface area contributed by atoms with E-state index in [4.69, 9.17) is 15.1 Å². The zero-order valence-electron chi connectivity index (χ0n) is 10.3. The Labute approximate surface area is 114 Å². The van der Waals surface area contributed by atoms with E-state index < -0.39 is 11.5 Å². The molecule has 0 saturated heterocycles. The normalized spacial score (nSPS) is 9.80. The topological polar surface area (TPSA) is 96.4 Å². The average Bonchev–Trinajstić information content (AvgIpc) is 2.47. The Morgan fingerprint density at radius 3 is 2.40 bits per heavy atom. The summed E-state index contributed by atoms with van der Waals surface area (Å²) in [5.74, 6) is 0.881. The van der Waals surface area contributed by atoms with Crippen molar-refractivity contribution in [2.75, 3.05) is 0 Å². The van der Waals surface area contributed by atoms with Crippen LogP contribution in [0.1, 0.15) is 11.1 Å². The molecule has 2 aromatic carbocycles. The van der Waals surface area contributed by atoms with Crippen LogP contribution in [0.15, 0.2) is 42.5 Å². The molecule has 0 spiro atoms. The van der Waals surface area contributed by atoms with Crippen LogP contribution >= 0.6 is 0 Å². The van der Waals surface area contributed by atoms with Crippen molar-refractivity contribution < 1.29 is 14.8 Å². The van der Waals surface area contributed by atoms with E-state index in [9.17, 15) is 10.1 Å². The first kappa shape index (κ1) is 13.5. The minimum absolute atomic E-state index is 0.153. The Bertz CT molecular complexity index is 675. The summed E-state index contributed by atoms with van der Waals surface area (Å²) in [6.07, 6.45) is 0. The Balaban J connectivity index is 2.25. The molecule has 0 radical (unpaired) electrons. The Kier molecular flexibility index (Phi) is 3.93.